The second-order valence-electron chi connectivity index (χ2n) is 11.8. The number of esters is 1. The fourth-order valence-electron chi connectivity index (χ4n) is 5.55. The Morgan fingerprint density at radius 1 is 1.19 bits per heavy atom. The highest BCUT2D eigenvalue weighted by atomic mass is 16.6. The van der Waals surface area contributed by atoms with Gasteiger partial charge in [0.15, 0.2) is 0 Å². The normalized spacial score (nSPS) is 32.2. The molecule has 11 nitrogen and oxygen atoms in total. The minimum atomic E-state index is -0.462. The summed E-state index contributed by atoms with van der Waals surface area (Å²) in [5.41, 5.74) is 0.963. The molecule has 2 amide bonds. The number of aromatic nitrogens is 2. The maximum absolute atomic E-state index is 12.4. The first-order valence-corrected chi connectivity index (χ1v) is 14.7. The molecule has 1 aromatic heterocycles. The van der Waals surface area contributed by atoms with E-state index in [1.165, 1.54) is 23.9 Å². The molecule has 230 valence electrons. The third-order valence-corrected chi connectivity index (χ3v) is 7.97. The number of ether oxygens (including phenoxy) is 4. The Balaban J connectivity index is 1.23. The molecule has 1 aromatic rings. The molecule has 11 heteroatoms. The molecule has 3 aliphatic rings. The van der Waals surface area contributed by atoms with Crippen molar-refractivity contribution >= 4 is 17.9 Å². The van der Waals surface area contributed by atoms with Gasteiger partial charge in [-0.1, -0.05) is 30.7 Å². The summed E-state index contributed by atoms with van der Waals surface area (Å²) in [5.74, 6) is -0.356. The SMILES string of the molecule is CC(=O)O[C@@H](C)C=CC(=O)N[C@@H]1C[C@H](C)[C@H](CC=C(C)C=C[C@@H]2C[C@@]3(CO3)C[C@@H](CNC(=O)n3ccnc3)O2)O[C@@H]1C. The van der Waals surface area contributed by atoms with Gasteiger partial charge in [0.05, 0.1) is 42.7 Å². The Morgan fingerprint density at radius 2 is 1.98 bits per heavy atom. The predicted octanol–water partition coefficient (Wildman–Crippen LogP) is 3.46. The zero-order chi connectivity index (χ0) is 30.3. The summed E-state index contributed by atoms with van der Waals surface area (Å²) in [4.78, 5) is 39.6. The minimum absolute atomic E-state index is 0.0496. The molecular formula is C31H44N4O7. The highest BCUT2D eigenvalue weighted by Crippen LogP contribution is 2.42. The van der Waals surface area contributed by atoms with Crippen LogP contribution in [0.1, 0.15) is 60.3 Å². The van der Waals surface area contributed by atoms with Crippen LogP contribution in [0.3, 0.4) is 0 Å². The molecule has 3 aliphatic heterocycles. The van der Waals surface area contributed by atoms with Crippen molar-refractivity contribution in [1.29, 1.82) is 0 Å². The lowest BCUT2D eigenvalue weighted by molar-refractivity contribution is -0.143. The third kappa shape index (κ3) is 9.37. The summed E-state index contributed by atoms with van der Waals surface area (Å²) in [6.45, 7) is 10.4. The predicted molar refractivity (Wildman–Crippen MR) is 156 cm³/mol. The summed E-state index contributed by atoms with van der Waals surface area (Å²) in [7, 11) is 0. The Kier molecular flexibility index (Phi) is 10.7. The molecule has 1 spiro atoms. The van der Waals surface area contributed by atoms with E-state index in [0.29, 0.717) is 6.54 Å². The van der Waals surface area contributed by atoms with Gasteiger partial charge < -0.3 is 29.6 Å². The molecule has 0 aromatic carbocycles. The van der Waals surface area contributed by atoms with E-state index in [0.717, 1.165) is 37.9 Å². The number of nitrogens with zero attached hydrogens (tertiary/aromatic N) is 2. The van der Waals surface area contributed by atoms with E-state index in [-0.39, 0.29) is 59.9 Å². The number of epoxide rings is 1. The molecule has 3 saturated heterocycles. The second-order valence-corrected chi connectivity index (χ2v) is 11.8. The van der Waals surface area contributed by atoms with E-state index in [1.54, 1.807) is 25.4 Å². The Hall–Kier alpha value is -3.28. The van der Waals surface area contributed by atoms with Gasteiger partial charge in [0.25, 0.3) is 0 Å². The van der Waals surface area contributed by atoms with Crippen molar-refractivity contribution in [2.24, 2.45) is 5.92 Å². The van der Waals surface area contributed by atoms with E-state index in [9.17, 15) is 14.4 Å². The third-order valence-electron chi connectivity index (χ3n) is 7.97. The first-order valence-electron chi connectivity index (χ1n) is 14.7. The molecule has 3 fully saturated rings. The van der Waals surface area contributed by atoms with E-state index in [2.05, 4.69) is 47.7 Å². The van der Waals surface area contributed by atoms with Gasteiger partial charge in [0, 0.05) is 44.8 Å². The smallest absolute Gasteiger partial charge is 0.326 e. The van der Waals surface area contributed by atoms with Crippen LogP contribution in [0.25, 0.3) is 0 Å². The van der Waals surface area contributed by atoms with Crippen LogP contribution in [0.4, 0.5) is 4.79 Å². The molecular weight excluding hydrogens is 540 g/mol. The number of allylic oxidation sites excluding steroid dienone is 2. The van der Waals surface area contributed by atoms with Crippen LogP contribution < -0.4 is 10.6 Å². The molecule has 0 radical (unpaired) electrons. The van der Waals surface area contributed by atoms with Gasteiger partial charge in [-0.25, -0.2) is 9.78 Å². The van der Waals surface area contributed by atoms with Crippen molar-refractivity contribution in [3.05, 3.63) is 54.7 Å². The van der Waals surface area contributed by atoms with E-state index >= 15 is 0 Å². The Bertz CT molecular complexity index is 1170. The Labute approximate surface area is 247 Å². The molecule has 0 unspecified atom stereocenters. The number of hydrogen-bond acceptors (Lipinski definition) is 8. The zero-order valence-corrected chi connectivity index (χ0v) is 25.2. The van der Waals surface area contributed by atoms with Crippen LogP contribution in [0, 0.1) is 5.92 Å². The average molecular weight is 585 g/mol. The molecule has 0 saturated carbocycles. The van der Waals surface area contributed by atoms with Gasteiger partial charge in [-0.05, 0) is 45.6 Å². The molecule has 8 atom stereocenters. The summed E-state index contributed by atoms with van der Waals surface area (Å²) in [6, 6.07) is -0.330. The average Bonchev–Trinajstić information content (AvgIpc) is 3.42. The minimum Gasteiger partial charge on any atom is -0.459 e. The van der Waals surface area contributed by atoms with Crippen molar-refractivity contribution < 1.29 is 33.3 Å². The van der Waals surface area contributed by atoms with Crippen molar-refractivity contribution in [3.8, 4) is 0 Å². The molecule has 42 heavy (non-hydrogen) atoms. The lowest BCUT2D eigenvalue weighted by atomic mass is 9.88. The van der Waals surface area contributed by atoms with Crippen LogP contribution in [-0.2, 0) is 28.5 Å². The van der Waals surface area contributed by atoms with E-state index in [1.807, 2.05) is 6.92 Å². The van der Waals surface area contributed by atoms with E-state index in [4.69, 9.17) is 18.9 Å². The summed E-state index contributed by atoms with van der Waals surface area (Å²) >= 11 is 0. The topological polar surface area (TPSA) is 133 Å². The molecule has 0 bridgehead atoms. The number of hydrogen-bond donors (Lipinski definition) is 2. The summed E-state index contributed by atoms with van der Waals surface area (Å²) in [6.07, 6.45) is 16.3. The number of nitrogens with one attached hydrogen (secondary N) is 2. The van der Waals surface area contributed by atoms with Crippen LogP contribution in [0.15, 0.2) is 54.7 Å². The fraction of sp³-hybridized carbons (Fsp3) is 0.613. The number of imidazole rings is 1. The van der Waals surface area contributed by atoms with E-state index < -0.39 is 6.10 Å². The number of carbonyl (C=O) groups excluding carboxylic acids is 3. The van der Waals surface area contributed by atoms with Crippen LogP contribution in [0.5, 0.6) is 0 Å². The maximum atomic E-state index is 12.4. The highest BCUT2D eigenvalue weighted by molar-refractivity contribution is 5.87. The lowest BCUT2D eigenvalue weighted by Gasteiger charge is -2.39. The number of carbonyl (C=O) groups is 3. The van der Waals surface area contributed by atoms with Crippen molar-refractivity contribution in [3.63, 3.8) is 0 Å². The monoisotopic (exact) mass is 584 g/mol. The number of amides is 2. The van der Waals surface area contributed by atoms with Gasteiger partial charge in [-0.2, -0.15) is 0 Å². The lowest BCUT2D eigenvalue weighted by Crippen LogP contribution is -2.50. The second kappa shape index (κ2) is 14.3. The summed E-state index contributed by atoms with van der Waals surface area (Å²) < 4.78 is 24.8. The molecule has 4 heterocycles. The van der Waals surface area contributed by atoms with Crippen molar-refractivity contribution in [2.75, 3.05) is 13.2 Å². The standard InChI is InChI=1S/C31H44N4O7/c1-20(6-9-25-15-31(18-39-31)16-26(42-25)17-33-30(38)35-13-12-32-19-35)7-10-28-21(2)14-27(23(4)41-28)34-29(37)11-8-22(3)40-24(5)36/h6-9,11-13,19,21-23,25-28H,10,14-18H2,1-5H3,(H,33,38)(H,34,37)/t21-,22-,23+,25+,26-,27+,28-,31-/m0/s1. The quantitative estimate of drug-likeness (QED) is 0.185. The number of rotatable bonds is 10. The largest absolute Gasteiger partial charge is 0.459 e. The fourth-order valence-corrected chi connectivity index (χ4v) is 5.55. The van der Waals surface area contributed by atoms with Gasteiger partial charge in [0.2, 0.25) is 5.91 Å². The maximum Gasteiger partial charge on any atom is 0.326 e. The van der Waals surface area contributed by atoms with Crippen LogP contribution >= 0.6 is 0 Å². The van der Waals surface area contributed by atoms with Gasteiger partial charge >= 0.3 is 12.0 Å². The highest BCUT2D eigenvalue weighted by Gasteiger charge is 2.51. The van der Waals surface area contributed by atoms with Gasteiger partial charge in [0.1, 0.15) is 12.4 Å². The Morgan fingerprint density at radius 3 is 2.67 bits per heavy atom. The van der Waals surface area contributed by atoms with Crippen molar-refractivity contribution in [1.82, 2.24) is 20.2 Å². The molecule has 0 aliphatic carbocycles. The van der Waals surface area contributed by atoms with Crippen LogP contribution in [-0.4, -0.2) is 82.8 Å². The summed E-state index contributed by atoms with van der Waals surface area (Å²) in [5, 5.41) is 5.93. The van der Waals surface area contributed by atoms with Crippen LogP contribution in [0.2, 0.25) is 0 Å². The molecule has 2 N–H and O–H groups in total. The van der Waals surface area contributed by atoms with Gasteiger partial charge in [-0.3, -0.25) is 14.2 Å². The first-order chi connectivity index (χ1) is 20.0. The van der Waals surface area contributed by atoms with Crippen molar-refractivity contribution in [2.45, 2.75) is 102 Å². The first kappa shape index (κ1) is 31.7. The van der Waals surface area contributed by atoms with Gasteiger partial charge in [-0.15, -0.1) is 0 Å². The zero-order valence-electron chi connectivity index (χ0n) is 25.2. The molecule has 4 rings (SSSR count).